The molecule has 7 heteroatoms. The largest absolute Gasteiger partial charge is 0.417 e. The van der Waals surface area contributed by atoms with Crippen LogP contribution < -0.4 is 5.73 Å². The quantitative estimate of drug-likeness (QED) is 0.764. The Morgan fingerprint density at radius 2 is 1.88 bits per heavy atom. The molecule has 0 spiro atoms. The van der Waals surface area contributed by atoms with Crippen LogP contribution in [0.3, 0.4) is 0 Å². The molecule has 0 aliphatic carbocycles. The summed E-state index contributed by atoms with van der Waals surface area (Å²) < 4.78 is 41.3. The maximum Gasteiger partial charge on any atom is 0.417 e. The number of alkyl halides is 3. The van der Waals surface area contributed by atoms with E-state index in [-0.39, 0.29) is 12.2 Å². The molecular weight excluding hydrogens is 319 g/mol. The summed E-state index contributed by atoms with van der Waals surface area (Å²) in [6.07, 6.45) is -3.94. The molecule has 3 aromatic rings. The first kappa shape index (κ1) is 16.3. The Kier molecular flexibility index (Phi) is 4.19. The number of rotatable bonds is 4. The molecule has 24 heavy (non-hydrogen) atoms. The normalized spacial score (nSPS) is 12.0. The van der Waals surface area contributed by atoms with Crippen molar-refractivity contribution in [1.82, 2.24) is 9.78 Å². The van der Waals surface area contributed by atoms with Crippen LogP contribution in [0.5, 0.6) is 0 Å². The van der Waals surface area contributed by atoms with Crippen LogP contribution >= 0.6 is 0 Å². The summed E-state index contributed by atoms with van der Waals surface area (Å²) >= 11 is 0. The second-order valence-corrected chi connectivity index (χ2v) is 5.46. The van der Waals surface area contributed by atoms with Gasteiger partial charge in [-0.25, -0.2) is 0 Å². The van der Waals surface area contributed by atoms with Crippen molar-refractivity contribution in [3.63, 3.8) is 0 Å². The number of halogens is 3. The summed E-state index contributed by atoms with van der Waals surface area (Å²) in [6, 6.07) is 10.4. The molecule has 126 valence electrons. The van der Waals surface area contributed by atoms with Crippen molar-refractivity contribution in [2.24, 2.45) is 0 Å². The van der Waals surface area contributed by atoms with E-state index in [4.69, 9.17) is 10.8 Å². The van der Waals surface area contributed by atoms with Crippen LogP contribution in [0.1, 0.15) is 12.0 Å². The Morgan fingerprint density at radius 1 is 1.12 bits per heavy atom. The number of hydrogen-bond acceptors (Lipinski definition) is 3. The van der Waals surface area contributed by atoms with E-state index in [2.05, 4.69) is 5.10 Å². The van der Waals surface area contributed by atoms with Crippen LogP contribution in [0.25, 0.3) is 22.0 Å². The lowest BCUT2D eigenvalue weighted by Crippen LogP contribution is -2.07. The van der Waals surface area contributed by atoms with Crippen molar-refractivity contribution in [1.29, 1.82) is 0 Å². The fourth-order valence-corrected chi connectivity index (χ4v) is 2.74. The minimum Gasteiger partial charge on any atom is -0.396 e. The van der Waals surface area contributed by atoms with Crippen molar-refractivity contribution in [3.8, 4) is 11.1 Å². The Labute approximate surface area is 136 Å². The fourth-order valence-electron chi connectivity index (χ4n) is 2.74. The van der Waals surface area contributed by atoms with Crippen LogP contribution in [0.15, 0.2) is 42.5 Å². The van der Waals surface area contributed by atoms with Gasteiger partial charge in [0.05, 0.1) is 11.1 Å². The third-order valence-electron chi connectivity index (χ3n) is 3.85. The van der Waals surface area contributed by atoms with E-state index in [0.717, 1.165) is 6.07 Å². The zero-order valence-corrected chi connectivity index (χ0v) is 12.7. The van der Waals surface area contributed by atoms with Crippen molar-refractivity contribution in [3.05, 3.63) is 48.0 Å². The first-order valence-electron chi connectivity index (χ1n) is 7.45. The standard InChI is InChI=1S/C17H16F3N3O/c18-17(19,20)14-5-2-1-4-12(14)11-6-7-13-15(10-11)23(8-3-9-24)22-16(13)21/h1-2,4-7,10,24H,3,8-9H2,(H2,21,22). The van der Waals surface area contributed by atoms with E-state index in [0.29, 0.717) is 35.2 Å². The zero-order chi connectivity index (χ0) is 17.3. The predicted octanol–water partition coefficient (Wildman–Crippen LogP) is 3.69. The summed E-state index contributed by atoms with van der Waals surface area (Å²) in [7, 11) is 0. The van der Waals surface area contributed by atoms with Gasteiger partial charge in [0, 0.05) is 18.5 Å². The SMILES string of the molecule is Nc1nn(CCCO)c2cc(-c3ccccc3C(F)(F)F)ccc12. The highest BCUT2D eigenvalue weighted by Gasteiger charge is 2.33. The Balaban J connectivity index is 2.15. The molecule has 3 N–H and O–H groups in total. The molecule has 0 aliphatic rings. The summed E-state index contributed by atoms with van der Waals surface area (Å²) in [5, 5.41) is 13.8. The molecule has 1 heterocycles. The van der Waals surface area contributed by atoms with Crippen LogP contribution in [0, 0.1) is 0 Å². The monoisotopic (exact) mass is 335 g/mol. The molecule has 0 radical (unpaired) electrons. The molecule has 0 amide bonds. The minimum atomic E-state index is -4.43. The lowest BCUT2D eigenvalue weighted by Gasteiger charge is -2.13. The zero-order valence-electron chi connectivity index (χ0n) is 12.7. The van der Waals surface area contributed by atoms with Gasteiger partial charge in [0.2, 0.25) is 0 Å². The molecule has 0 aliphatic heterocycles. The highest BCUT2D eigenvalue weighted by atomic mass is 19.4. The van der Waals surface area contributed by atoms with Crippen molar-refractivity contribution in [2.75, 3.05) is 12.3 Å². The summed E-state index contributed by atoms with van der Waals surface area (Å²) in [6.45, 7) is 0.437. The fraction of sp³-hybridized carbons (Fsp3) is 0.235. The maximum absolute atomic E-state index is 13.2. The highest BCUT2D eigenvalue weighted by molar-refractivity contribution is 5.92. The second kappa shape index (κ2) is 6.16. The molecule has 0 atom stereocenters. The molecule has 1 aromatic heterocycles. The van der Waals surface area contributed by atoms with Crippen molar-refractivity contribution in [2.45, 2.75) is 19.1 Å². The number of aromatic nitrogens is 2. The topological polar surface area (TPSA) is 64.1 Å². The van der Waals surface area contributed by atoms with Gasteiger partial charge in [0.25, 0.3) is 0 Å². The number of hydrogen-bond donors (Lipinski definition) is 2. The maximum atomic E-state index is 13.2. The number of aliphatic hydroxyl groups excluding tert-OH is 1. The minimum absolute atomic E-state index is 0.00213. The number of nitrogen functional groups attached to an aromatic ring is 1. The van der Waals surface area contributed by atoms with E-state index in [9.17, 15) is 13.2 Å². The third-order valence-corrected chi connectivity index (χ3v) is 3.85. The molecule has 0 saturated carbocycles. The van der Waals surface area contributed by atoms with Gasteiger partial charge in [-0.05, 0) is 35.7 Å². The molecule has 0 saturated heterocycles. The lowest BCUT2D eigenvalue weighted by molar-refractivity contribution is -0.137. The summed E-state index contributed by atoms with van der Waals surface area (Å²) in [5.41, 5.74) is 6.39. The number of anilines is 1. The van der Waals surface area contributed by atoms with Crippen LogP contribution in [0.4, 0.5) is 19.0 Å². The third kappa shape index (κ3) is 2.94. The van der Waals surface area contributed by atoms with Crippen molar-refractivity contribution >= 4 is 16.7 Å². The van der Waals surface area contributed by atoms with E-state index in [1.165, 1.54) is 12.1 Å². The van der Waals surface area contributed by atoms with Gasteiger partial charge in [-0.2, -0.15) is 18.3 Å². The smallest absolute Gasteiger partial charge is 0.396 e. The molecule has 0 fully saturated rings. The number of fused-ring (bicyclic) bond motifs is 1. The molecular formula is C17H16F3N3O. The van der Waals surface area contributed by atoms with Gasteiger partial charge in [0.1, 0.15) is 0 Å². The number of nitrogens with zero attached hydrogens (tertiary/aromatic N) is 2. The Morgan fingerprint density at radius 3 is 2.58 bits per heavy atom. The lowest BCUT2D eigenvalue weighted by atomic mass is 9.98. The van der Waals surface area contributed by atoms with Gasteiger partial charge in [-0.1, -0.05) is 24.3 Å². The molecule has 2 aromatic carbocycles. The molecule has 0 unspecified atom stereocenters. The number of aryl methyl sites for hydroxylation is 1. The average Bonchev–Trinajstić information content (AvgIpc) is 2.88. The van der Waals surface area contributed by atoms with E-state index < -0.39 is 11.7 Å². The summed E-state index contributed by atoms with van der Waals surface area (Å²) in [5.74, 6) is 0.318. The van der Waals surface area contributed by atoms with Gasteiger partial charge in [-0.3, -0.25) is 4.68 Å². The van der Waals surface area contributed by atoms with Gasteiger partial charge >= 0.3 is 6.18 Å². The van der Waals surface area contributed by atoms with Crippen LogP contribution in [-0.2, 0) is 12.7 Å². The first-order valence-corrected chi connectivity index (χ1v) is 7.45. The van der Waals surface area contributed by atoms with Crippen molar-refractivity contribution < 1.29 is 18.3 Å². The van der Waals surface area contributed by atoms with Crippen LogP contribution in [-0.4, -0.2) is 21.5 Å². The van der Waals surface area contributed by atoms with Gasteiger partial charge in [0.15, 0.2) is 5.82 Å². The number of aliphatic hydroxyl groups is 1. The van der Waals surface area contributed by atoms with Gasteiger partial charge in [-0.15, -0.1) is 0 Å². The first-order chi connectivity index (χ1) is 11.4. The molecule has 0 bridgehead atoms. The summed E-state index contributed by atoms with van der Waals surface area (Å²) in [4.78, 5) is 0. The Bertz CT molecular complexity index is 871. The predicted molar refractivity (Wildman–Crippen MR) is 86.3 cm³/mol. The van der Waals surface area contributed by atoms with Gasteiger partial charge < -0.3 is 10.8 Å². The van der Waals surface area contributed by atoms with E-state index >= 15 is 0 Å². The number of nitrogens with two attached hydrogens (primary N) is 1. The molecule has 4 nitrogen and oxygen atoms in total. The Hall–Kier alpha value is -2.54. The second-order valence-electron chi connectivity index (χ2n) is 5.46. The molecule has 3 rings (SSSR count). The highest BCUT2D eigenvalue weighted by Crippen LogP contribution is 2.38. The average molecular weight is 335 g/mol. The number of benzene rings is 2. The van der Waals surface area contributed by atoms with E-state index in [1.54, 1.807) is 28.9 Å². The van der Waals surface area contributed by atoms with E-state index in [1.807, 2.05) is 0 Å². The van der Waals surface area contributed by atoms with Crippen LogP contribution in [0.2, 0.25) is 0 Å².